The molecule has 0 aliphatic rings. The van der Waals surface area contributed by atoms with Gasteiger partial charge in [-0.2, -0.15) is 0 Å². The summed E-state index contributed by atoms with van der Waals surface area (Å²) in [4.78, 5) is 21.8. The van der Waals surface area contributed by atoms with Crippen LogP contribution in [-0.2, 0) is 16.0 Å². The summed E-state index contributed by atoms with van der Waals surface area (Å²) < 4.78 is 5.03. The SMILES string of the molecule is O=C(Cl)CCCNC(=O)OCCCCCc1ccccc1. The van der Waals surface area contributed by atoms with E-state index < -0.39 is 6.09 Å². The fraction of sp³-hybridized carbons (Fsp3) is 0.500. The molecule has 0 aliphatic heterocycles. The topological polar surface area (TPSA) is 55.4 Å². The number of hydrogen-bond acceptors (Lipinski definition) is 3. The molecule has 1 N–H and O–H groups in total. The summed E-state index contributed by atoms with van der Waals surface area (Å²) >= 11 is 5.19. The van der Waals surface area contributed by atoms with E-state index in [0.29, 0.717) is 19.6 Å². The molecule has 5 heteroatoms. The first-order chi connectivity index (χ1) is 10.2. The summed E-state index contributed by atoms with van der Waals surface area (Å²) in [5.74, 6) is 0. The average molecular weight is 312 g/mol. The smallest absolute Gasteiger partial charge is 0.407 e. The molecule has 0 atom stereocenters. The second-order valence-corrected chi connectivity index (χ2v) is 5.24. The van der Waals surface area contributed by atoms with Gasteiger partial charge in [0.15, 0.2) is 0 Å². The largest absolute Gasteiger partial charge is 0.450 e. The van der Waals surface area contributed by atoms with Crippen molar-refractivity contribution in [2.75, 3.05) is 13.2 Å². The summed E-state index contributed by atoms with van der Waals surface area (Å²) in [5, 5.41) is 2.20. The Morgan fingerprint density at radius 1 is 1.05 bits per heavy atom. The van der Waals surface area contributed by atoms with Crippen molar-refractivity contribution < 1.29 is 14.3 Å². The Balaban J connectivity index is 1.91. The van der Waals surface area contributed by atoms with Crippen molar-refractivity contribution in [1.29, 1.82) is 0 Å². The molecular weight excluding hydrogens is 290 g/mol. The van der Waals surface area contributed by atoms with Gasteiger partial charge in [0.1, 0.15) is 0 Å². The molecule has 0 heterocycles. The van der Waals surface area contributed by atoms with Crippen LogP contribution in [-0.4, -0.2) is 24.5 Å². The number of carbonyl (C=O) groups is 2. The zero-order valence-electron chi connectivity index (χ0n) is 12.1. The maximum atomic E-state index is 11.3. The van der Waals surface area contributed by atoms with Gasteiger partial charge in [0.05, 0.1) is 6.61 Å². The van der Waals surface area contributed by atoms with Gasteiger partial charge < -0.3 is 10.1 Å². The van der Waals surface area contributed by atoms with Gasteiger partial charge in [-0.05, 0) is 49.3 Å². The molecule has 1 amide bonds. The molecule has 1 rings (SSSR count). The third-order valence-corrected chi connectivity index (χ3v) is 3.19. The lowest BCUT2D eigenvalue weighted by Gasteiger charge is -2.06. The number of benzene rings is 1. The Kier molecular flexibility index (Phi) is 9.29. The van der Waals surface area contributed by atoms with Crippen molar-refractivity contribution in [3.05, 3.63) is 35.9 Å². The van der Waals surface area contributed by atoms with E-state index in [1.165, 1.54) is 5.56 Å². The Morgan fingerprint density at radius 2 is 1.81 bits per heavy atom. The van der Waals surface area contributed by atoms with Crippen LogP contribution in [0.1, 0.15) is 37.7 Å². The number of halogens is 1. The fourth-order valence-electron chi connectivity index (χ4n) is 1.89. The fourth-order valence-corrected chi connectivity index (χ4v) is 2.02. The Labute approximate surface area is 130 Å². The van der Waals surface area contributed by atoms with E-state index in [1.54, 1.807) is 0 Å². The molecule has 21 heavy (non-hydrogen) atoms. The Bertz CT molecular complexity index is 423. The van der Waals surface area contributed by atoms with Crippen molar-refractivity contribution in [2.24, 2.45) is 0 Å². The lowest BCUT2D eigenvalue weighted by Crippen LogP contribution is -2.25. The number of hydrogen-bond donors (Lipinski definition) is 1. The monoisotopic (exact) mass is 311 g/mol. The highest BCUT2D eigenvalue weighted by molar-refractivity contribution is 6.63. The molecule has 0 aliphatic carbocycles. The third kappa shape index (κ3) is 9.91. The van der Waals surface area contributed by atoms with Gasteiger partial charge in [0.2, 0.25) is 5.24 Å². The Hall–Kier alpha value is -1.55. The summed E-state index contributed by atoms with van der Waals surface area (Å²) in [6, 6.07) is 10.3. The van der Waals surface area contributed by atoms with Crippen LogP contribution in [0.5, 0.6) is 0 Å². The highest BCUT2D eigenvalue weighted by atomic mass is 35.5. The molecule has 1 aromatic rings. The van der Waals surface area contributed by atoms with E-state index >= 15 is 0 Å². The summed E-state index contributed by atoms with van der Waals surface area (Å²) in [6.07, 6.45) is 4.41. The predicted molar refractivity (Wildman–Crippen MR) is 83.4 cm³/mol. The van der Waals surface area contributed by atoms with E-state index in [1.807, 2.05) is 18.2 Å². The number of nitrogens with one attached hydrogen (secondary N) is 1. The van der Waals surface area contributed by atoms with E-state index in [9.17, 15) is 9.59 Å². The molecule has 0 fully saturated rings. The molecule has 0 unspecified atom stereocenters. The van der Waals surface area contributed by atoms with Crippen molar-refractivity contribution in [3.8, 4) is 0 Å². The number of amides is 1. The van der Waals surface area contributed by atoms with Crippen LogP contribution in [0.25, 0.3) is 0 Å². The Morgan fingerprint density at radius 3 is 2.52 bits per heavy atom. The lowest BCUT2D eigenvalue weighted by atomic mass is 10.1. The van der Waals surface area contributed by atoms with Gasteiger partial charge in [-0.1, -0.05) is 30.3 Å². The zero-order chi connectivity index (χ0) is 15.3. The van der Waals surface area contributed by atoms with Crippen LogP contribution in [0.15, 0.2) is 30.3 Å². The van der Waals surface area contributed by atoms with Crippen LogP contribution in [0.4, 0.5) is 4.79 Å². The quantitative estimate of drug-likeness (QED) is 0.530. The second-order valence-electron chi connectivity index (χ2n) is 4.82. The predicted octanol–water partition coefficient (Wildman–Crippen LogP) is 3.67. The third-order valence-electron chi connectivity index (χ3n) is 3.01. The molecule has 0 aromatic heterocycles. The maximum absolute atomic E-state index is 11.3. The molecule has 0 spiro atoms. The number of alkyl carbamates (subject to hydrolysis) is 1. The molecule has 1 aromatic carbocycles. The first-order valence-corrected chi connectivity index (χ1v) is 7.69. The van der Waals surface area contributed by atoms with E-state index in [4.69, 9.17) is 16.3 Å². The minimum Gasteiger partial charge on any atom is -0.450 e. The van der Waals surface area contributed by atoms with E-state index in [2.05, 4.69) is 17.4 Å². The molecule has 0 saturated heterocycles. The first-order valence-electron chi connectivity index (χ1n) is 7.31. The number of aryl methyl sites for hydroxylation is 1. The summed E-state index contributed by atoms with van der Waals surface area (Å²) in [7, 11) is 0. The minimum absolute atomic E-state index is 0.265. The van der Waals surface area contributed by atoms with Crippen molar-refractivity contribution >= 4 is 22.9 Å². The van der Waals surface area contributed by atoms with Gasteiger partial charge in [-0.15, -0.1) is 0 Å². The number of unbranched alkanes of at least 4 members (excludes halogenated alkanes) is 2. The van der Waals surface area contributed by atoms with Crippen LogP contribution in [0, 0.1) is 0 Å². The molecule has 116 valence electrons. The minimum atomic E-state index is -0.430. The number of ether oxygens (including phenoxy) is 1. The van der Waals surface area contributed by atoms with E-state index in [-0.39, 0.29) is 11.7 Å². The van der Waals surface area contributed by atoms with Crippen molar-refractivity contribution in [1.82, 2.24) is 5.32 Å². The van der Waals surface area contributed by atoms with Crippen molar-refractivity contribution in [2.45, 2.75) is 38.5 Å². The first kappa shape index (κ1) is 17.5. The van der Waals surface area contributed by atoms with Gasteiger partial charge in [0.25, 0.3) is 0 Å². The van der Waals surface area contributed by atoms with Crippen LogP contribution >= 0.6 is 11.6 Å². The van der Waals surface area contributed by atoms with E-state index in [0.717, 1.165) is 25.7 Å². The standard InChI is InChI=1S/C16H22ClNO3/c17-15(19)11-7-12-18-16(20)21-13-6-2-5-10-14-8-3-1-4-9-14/h1,3-4,8-9H,2,5-7,10-13H2,(H,18,20). The molecule has 4 nitrogen and oxygen atoms in total. The summed E-state index contributed by atoms with van der Waals surface area (Å²) in [6.45, 7) is 0.834. The highest BCUT2D eigenvalue weighted by Gasteiger charge is 2.02. The maximum Gasteiger partial charge on any atom is 0.407 e. The van der Waals surface area contributed by atoms with Crippen molar-refractivity contribution in [3.63, 3.8) is 0 Å². The van der Waals surface area contributed by atoms with Gasteiger partial charge in [-0.3, -0.25) is 4.79 Å². The highest BCUT2D eigenvalue weighted by Crippen LogP contribution is 2.06. The van der Waals surface area contributed by atoms with Gasteiger partial charge in [0, 0.05) is 13.0 Å². The molecule has 0 radical (unpaired) electrons. The van der Waals surface area contributed by atoms with Gasteiger partial charge >= 0.3 is 6.09 Å². The van der Waals surface area contributed by atoms with Gasteiger partial charge in [-0.25, -0.2) is 4.79 Å². The summed E-state index contributed by atoms with van der Waals surface area (Å²) in [5.41, 5.74) is 1.34. The van der Waals surface area contributed by atoms with Crippen LogP contribution < -0.4 is 5.32 Å². The normalized spacial score (nSPS) is 10.1. The average Bonchev–Trinajstić information content (AvgIpc) is 2.48. The molecular formula is C16H22ClNO3. The van der Waals surface area contributed by atoms with Crippen LogP contribution in [0.2, 0.25) is 0 Å². The number of rotatable bonds is 10. The second kappa shape index (κ2) is 11.1. The van der Waals surface area contributed by atoms with Crippen LogP contribution in [0.3, 0.4) is 0 Å². The zero-order valence-corrected chi connectivity index (χ0v) is 12.9. The molecule has 0 saturated carbocycles. The lowest BCUT2D eigenvalue weighted by molar-refractivity contribution is -0.111. The number of carbonyl (C=O) groups excluding carboxylic acids is 2. The molecule has 0 bridgehead atoms.